The van der Waals surface area contributed by atoms with Crippen LogP contribution in [0, 0.1) is 5.82 Å². The molecule has 7 nitrogen and oxygen atoms in total. The van der Waals surface area contributed by atoms with Crippen molar-refractivity contribution < 1.29 is 18.8 Å². The fourth-order valence-corrected chi connectivity index (χ4v) is 1.70. The van der Waals surface area contributed by atoms with Gasteiger partial charge < -0.3 is 11.1 Å². The Balaban J connectivity index is 2.11. The first kappa shape index (κ1) is 12.9. The zero-order valence-electron chi connectivity index (χ0n) is 9.77. The Morgan fingerprint density at radius 2 is 2.26 bits per heavy atom. The number of carbonyl (C=O) groups excluding carboxylic acids is 3. The van der Waals surface area contributed by atoms with Crippen LogP contribution >= 0.6 is 0 Å². The molecule has 1 atom stereocenters. The second-order valence-corrected chi connectivity index (χ2v) is 4.03. The first-order valence-corrected chi connectivity index (χ1v) is 5.53. The van der Waals surface area contributed by atoms with E-state index in [1.807, 2.05) is 0 Å². The number of imide groups is 1. The maximum atomic E-state index is 13.6. The van der Waals surface area contributed by atoms with Crippen molar-refractivity contribution in [2.24, 2.45) is 0 Å². The third-order valence-corrected chi connectivity index (χ3v) is 2.71. The molecule has 0 spiro atoms. The molecule has 1 saturated heterocycles. The molecule has 0 bridgehead atoms. The number of carbonyl (C=O) groups is 3. The first-order chi connectivity index (χ1) is 8.99. The summed E-state index contributed by atoms with van der Waals surface area (Å²) in [5.41, 5.74) is 4.95. The van der Waals surface area contributed by atoms with Gasteiger partial charge in [0, 0.05) is 12.6 Å². The summed E-state index contributed by atoms with van der Waals surface area (Å²) in [5, 5.41) is 4.44. The van der Waals surface area contributed by atoms with Crippen molar-refractivity contribution in [3.05, 3.63) is 23.6 Å². The van der Waals surface area contributed by atoms with Crippen LogP contribution in [0.3, 0.4) is 0 Å². The van der Waals surface area contributed by atoms with E-state index in [-0.39, 0.29) is 18.4 Å². The number of pyridine rings is 1. The molecule has 1 fully saturated rings. The molecule has 1 unspecified atom stereocenters. The van der Waals surface area contributed by atoms with Crippen molar-refractivity contribution in [2.45, 2.75) is 18.9 Å². The van der Waals surface area contributed by atoms with Gasteiger partial charge in [-0.05, 0) is 12.5 Å². The molecule has 1 aromatic heterocycles. The van der Waals surface area contributed by atoms with Gasteiger partial charge in [0.05, 0.1) is 5.56 Å². The Morgan fingerprint density at radius 3 is 2.95 bits per heavy atom. The molecule has 0 aromatic carbocycles. The third kappa shape index (κ3) is 2.67. The van der Waals surface area contributed by atoms with Crippen molar-refractivity contribution >= 4 is 23.5 Å². The predicted octanol–water partition coefficient (Wildman–Crippen LogP) is -0.662. The molecule has 8 heteroatoms. The molecule has 19 heavy (non-hydrogen) atoms. The molecule has 1 aromatic rings. The van der Waals surface area contributed by atoms with Crippen LogP contribution in [0.4, 0.5) is 10.2 Å². The molecule has 2 rings (SSSR count). The lowest BCUT2D eigenvalue weighted by Gasteiger charge is -2.21. The van der Waals surface area contributed by atoms with Gasteiger partial charge in [-0.15, -0.1) is 0 Å². The largest absolute Gasteiger partial charge is 0.381 e. The number of nitrogens with zero attached hydrogens (tertiary/aromatic N) is 1. The zero-order chi connectivity index (χ0) is 14.0. The van der Waals surface area contributed by atoms with Gasteiger partial charge in [-0.3, -0.25) is 19.7 Å². The number of nitrogen functional groups attached to an aromatic ring is 1. The van der Waals surface area contributed by atoms with Gasteiger partial charge in [0.25, 0.3) is 5.91 Å². The highest BCUT2D eigenvalue weighted by Crippen LogP contribution is 2.13. The van der Waals surface area contributed by atoms with Gasteiger partial charge in [0.1, 0.15) is 6.04 Å². The van der Waals surface area contributed by atoms with E-state index in [0.717, 1.165) is 6.07 Å². The molecule has 0 aliphatic carbocycles. The lowest BCUT2D eigenvalue weighted by atomic mass is 10.1. The second-order valence-electron chi connectivity index (χ2n) is 4.03. The van der Waals surface area contributed by atoms with Gasteiger partial charge in [0.2, 0.25) is 11.8 Å². The molecule has 4 N–H and O–H groups in total. The number of amides is 3. The molecule has 0 saturated carbocycles. The fraction of sp³-hybridized carbons (Fsp3) is 0.273. The maximum Gasteiger partial charge on any atom is 0.255 e. The average Bonchev–Trinajstić information content (AvgIpc) is 2.36. The van der Waals surface area contributed by atoms with Crippen LogP contribution < -0.4 is 16.4 Å². The van der Waals surface area contributed by atoms with E-state index in [0.29, 0.717) is 0 Å². The van der Waals surface area contributed by atoms with Crippen molar-refractivity contribution in [3.8, 4) is 0 Å². The molecule has 1 aliphatic rings. The summed E-state index contributed by atoms with van der Waals surface area (Å²) in [5.74, 6) is -3.11. The number of piperidine rings is 1. The Labute approximate surface area is 107 Å². The van der Waals surface area contributed by atoms with Gasteiger partial charge in [0.15, 0.2) is 11.6 Å². The van der Waals surface area contributed by atoms with Gasteiger partial charge >= 0.3 is 0 Å². The number of anilines is 1. The van der Waals surface area contributed by atoms with Crippen LogP contribution in [0.25, 0.3) is 0 Å². The highest BCUT2D eigenvalue weighted by Gasteiger charge is 2.28. The predicted molar refractivity (Wildman–Crippen MR) is 62.2 cm³/mol. The lowest BCUT2D eigenvalue weighted by Crippen LogP contribution is -2.52. The van der Waals surface area contributed by atoms with Crippen LogP contribution in [0.5, 0.6) is 0 Å². The maximum absolute atomic E-state index is 13.6. The van der Waals surface area contributed by atoms with Gasteiger partial charge in [-0.1, -0.05) is 0 Å². The van der Waals surface area contributed by atoms with Crippen LogP contribution in [-0.2, 0) is 9.59 Å². The number of aromatic nitrogens is 1. The van der Waals surface area contributed by atoms with E-state index in [4.69, 9.17) is 5.73 Å². The summed E-state index contributed by atoms with van der Waals surface area (Å²) in [6.45, 7) is 0. The fourth-order valence-electron chi connectivity index (χ4n) is 1.70. The highest BCUT2D eigenvalue weighted by molar-refractivity contribution is 6.03. The van der Waals surface area contributed by atoms with E-state index in [9.17, 15) is 18.8 Å². The van der Waals surface area contributed by atoms with E-state index in [1.54, 1.807) is 0 Å². The minimum Gasteiger partial charge on any atom is -0.381 e. The minimum absolute atomic E-state index is 0.123. The molecule has 2 heterocycles. The van der Waals surface area contributed by atoms with E-state index in [2.05, 4.69) is 15.6 Å². The quantitative estimate of drug-likeness (QED) is 0.615. The van der Waals surface area contributed by atoms with Gasteiger partial charge in [-0.25, -0.2) is 9.37 Å². The van der Waals surface area contributed by atoms with Crippen molar-refractivity contribution in [1.29, 1.82) is 0 Å². The average molecular weight is 266 g/mol. The molecule has 100 valence electrons. The standard InChI is InChI=1S/C11H11FN4O3/c12-8-5(3-4-14-9(8)13)10(18)15-6-1-2-7(17)16-11(6)19/h3-4,6H,1-2H2,(H2,13,14)(H,15,18)(H,16,17,19). The van der Waals surface area contributed by atoms with Crippen molar-refractivity contribution in [3.63, 3.8) is 0 Å². The Morgan fingerprint density at radius 1 is 1.53 bits per heavy atom. The summed E-state index contributed by atoms with van der Waals surface area (Å²) >= 11 is 0. The van der Waals surface area contributed by atoms with Gasteiger partial charge in [-0.2, -0.15) is 0 Å². The Hall–Kier alpha value is -2.51. The Bertz CT molecular complexity index is 561. The SMILES string of the molecule is Nc1nccc(C(=O)NC2CCC(=O)NC2=O)c1F. The summed E-state index contributed by atoms with van der Waals surface area (Å²) < 4.78 is 13.6. The van der Waals surface area contributed by atoms with Crippen LogP contribution in [0.15, 0.2) is 12.3 Å². The third-order valence-electron chi connectivity index (χ3n) is 2.71. The van der Waals surface area contributed by atoms with E-state index >= 15 is 0 Å². The number of nitrogens with two attached hydrogens (primary N) is 1. The summed E-state index contributed by atoms with van der Waals surface area (Å²) in [6, 6.07) is 0.298. The number of rotatable bonds is 2. The minimum atomic E-state index is -0.938. The molecular formula is C11H11FN4O3. The Kier molecular flexibility index (Phi) is 3.41. The van der Waals surface area contributed by atoms with Crippen LogP contribution in [-0.4, -0.2) is 28.7 Å². The molecule has 1 aliphatic heterocycles. The monoisotopic (exact) mass is 266 g/mol. The zero-order valence-corrected chi connectivity index (χ0v) is 9.77. The number of hydrogen-bond acceptors (Lipinski definition) is 5. The van der Waals surface area contributed by atoms with E-state index < -0.39 is 35.4 Å². The van der Waals surface area contributed by atoms with Crippen LogP contribution in [0.1, 0.15) is 23.2 Å². The van der Waals surface area contributed by atoms with Crippen molar-refractivity contribution in [2.75, 3.05) is 5.73 Å². The number of halogens is 1. The lowest BCUT2D eigenvalue weighted by molar-refractivity contribution is -0.134. The summed E-state index contributed by atoms with van der Waals surface area (Å²) in [6.07, 6.45) is 1.49. The summed E-state index contributed by atoms with van der Waals surface area (Å²) in [4.78, 5) is 37.7. The van der Waals surface area contributed by atoms with E-state index in [1.165, 1.54) is 6.20 Å². The second kappa shape index (κ2) is 5.01. The smallest absolute Gasteiger partial charge is 0.255 e. The van der Waals surface area contributed by atoms with Crippen molar-refractivity contribution in [1.82, 2.24) is 15.6 Å². The topological polar surface area (TPSA) is 114 Å². The number of nitrogens with one attached hydrogen (secondary N) is 2. The first-order valence-electron chi connectivity index (χ1n) is 5.53. The molecule has 3 amide bonds. The van der Waals surface area contributed by atoms with Crippen LogP contribution in [0.2, 0.25) is 0 Å². The number of hydrogen-bond donors (Lipinski definition) is 3. The highest BCUT2D eigenvalue weighted by atomic mass is 19.1. The molecule has 0 radical (unpaired) electrons. The summed E-state index contributed by atoms with van der Waals surface area (Å²) in [7, 11) is 0. The normalized spacial score (nSPS) is 18.9. The molecular weight excluding hydrogens is 255 g/mol.